The number of amides is 1. The van der Waals surface area contributed by atoms with E-state index in [4.69, 9.17) is 4.74 Å². The lowest BCUT2D eigenvalue weighted by Crippen LogP contribution is -2.38. The van der Waals surface area contributed by atoms with Gasteiger partial charge >= 0.3 is 6.18 Å². The molecule has 4 nitrogen and oxygen atoms in total. The maximum Gasteiger partial charge on any atom is 0.401 e. The lowest BCUT2D eigenvalue weighted by atomic mass is 10.1. The van der Waals surface area contributed by atoms with Gasteiger partial charge in [0.2, 0.25) is 0 Å². The van der Waals surface area contributed by atoms with Crippen LogP contribution in [0, 0.1) is 6.92 Å². The molecule has 1 aromatic heterocycles. The molecule has 1 amide bonds. The van der Waals surface area contributed by atoms with Crippen molar-refractivity contribution in [2.75, 3.05) is 39.8 Å². The predicted molar refractivity (Wildman–Crippen MR) is 104 cm³/mol. The number of carbonyl (C=O) groups is 1. The van der Waals surface area contributed by atoms with Crippen LogP contribution in [0.25, 0.3) is 11.1 Å². The highest BCUT2D eigenvalue weighted by molar-refractivity contribution is 7.14. The molecule has 1 saturated heterocycles. The van der Waals surface area contributed by atoms with Gasteiger partial charge in [-0.1, -0.05) is 12.1 Å². The molecule has 1 aliphatic heterocycles. The highest BCUT2D eigenvalue weighted by Crippen LogP contribution is 2.32. The van der Waals surface area contributed by atoms with Crippen LogP contribution >= 0.6 is 11.3 Å². The minimum Gasteiger partial charge on any atom is -0.497 e. The van der Waals surface area contributed by atoms with Gasteiger partial charge in [0.05, 0.1) is 18.5 Å². The number of rotatable bonds is 4. The fraction of sp³-hybridized carbons (Fsp3) is 0.450. The number of methoxy groups -OCH3 is 1. The number of alkyl halides is 3. The maximum absolute atomic E-state index is 12.9. The van der Waals surface area contributed by atoms with E-state index < -0.39 is 12.7 Å². The minimum absolute atomic E-state index is 0.110. The van der Waals surface area contributed by atoms with Gasteiger partial charge < -0.3 is 9.64 Å². The number of halogens is 3. The molecule has 2 aromatic rings. The molecule has 0 saturated carbocycles. The molecular weight excluding hydrogens is 389 g/mol. The summed E-state index contributed by atoms with van der Waals surface area (Å²) in [4.78, 5) is 17.6. The number of carbonyl (C=O) groups excluding carboxylic acids is 1. The summed E-state index contributed by atoms with van der Waals surface area (Å²) in [5, 5.41) is 0. The van der Waals surface area contributed by atoms with E-state index in [9.17, 15) is 18.0 Å². The molecule has 28 heavy (non-hydrogen) atoms. The Bertz CT molecular complexity index is 818. The molecule has 0 radical (unpaired) electrons. The molecule has 152 valence electrons. The summed E-state index contributed by atoms with van der Waals surface area (Å²) in [7, 11) is 1.61. The van der Waals surface area contributed by atoms with Gasteiger partial charge in [-0.15, -0.1) is 11.3 Å². The quantitative estimate of drug-likeness (QED) is 0.744. The summed E-state index contributed by atoms with van der Waals surface area (Å²) in [5.41, 5.74) is 1.99. The first-order chi connectivity index (χ1) is 13.3. The van der Waals surface area contributed by atoms with E-state index in [1.165, 1.54) is 16.2 Å². The smallest absolute Gasteiger partial charge is 0.401 e. The highest BCUT2D eigenvalue weighted by atomic mass is 32.1. The number of nitrogens with zero attached hydrogens (tertiary/aromatic N) is 2. The number of ether oxygens (including phenoxy) is 1. The monoisotopic (exact) mass is 412 g/mol. The molecule has 1 aliphatic rings. The van der Waals surface area contributed by atoms with Gasteiger partial charge in [0, 0.05) is 31.1 Å². The van der Waals surface area contributed by atoms with Crippen molar-refractivity contribution in [1.29, 1.82) is 0 Å². The summed E-state index contributed by atoms with van der Waals surface area (Å²) in [5.74, 6) is 0.655. The third kappa shape index (κ3) is 5.05. The lowest BCUT2D eigenvalue weighted by molar-refractivity contribution is -0.145. The minimum atomic E-state index is -4.21. The third-order valence-electron chi connectivity index (χ3n) is 4.81. The number of aryl methyl sites for hydroxylation is 1. The number of benzene rings is 1. The average molecular weight is 412 g/mol. The first-order valence-electron chi connectivity index (χ1n) is 9.10. The first-order valence-corrected chi connectivity index (χ1v) is 9.92. The summed E-state index contributed by atoms with van der Waals surface area (Å²) in [6.45, 7) is 2.42. The van der Waals surface area contributed by atoms with Crippen LogP contribution in [0.4, 0.5) is 13.2 Å². The standard InChI is InChI=1S/C20H23F3N2O2S/c1-14-17(15-4-6-16(27-2)7-5-15)12-18(28-14)19(26)25-9-3-8-24(10-11-25)13-20(21,22)23/h4-7,12H,3,8-11,13H2,1-2H3. The molecule has 0 atom stereocenters. The molecule has 0 aliphatic carbocycles. The third-order valence-corrected chi connectivity index (χ3v) is 5.85. The zero-order valence-corrected chi connectivity index (χ0v) is 16.7. The Labute approximate surface area is 166 Å². The van der Waals surface area contributed by atoms with Gasteiger partial charge in [0.1, 0.15) is 5.75 Å². The van der Waals surface area contributed by atoms with Crippen molar-refractivity contribution in [2.45, 2.75) is 19.5 Å². The Balaban J connectivity index is 1.70. The summed E-state index contributed by atoms with van der Waals surface area (Å²) in [6, 6.07) is 9.52. The first kappa shape index (κ1) is 20.7. The maximum atomic E-state index is 12.9. The van der Waals surface area contributed by atoms with Crippen molar-refractivity contribution in [3.63, 3.8) is 0 Å². The number of hydrogen-bond acceptors (Lipinski definition) is 4. The summed E-state index contributed by atoms with van der Waals surface area (Å²) in [6.07, 6.45) is -3.67. The van der Waals surface area contributed by atoms with Gasteiger partial charge in [-0.3, -0.25) is 9.69 Å². The SMILES string of the molecule is COc1ccc(-c2cc(C(=O)N3CCCN(CC(F)(F)F)CC3)sc2C)cc1. The van der Waals surface area contributed by atoms with Crippen LogP contribution < -0.4 is 4.74 Å². The predicted octanol–water partition coefficient (Wildman–Crippen LogP) is 4.44. The van der Waals surface area contributed by atoms with Crippen LogP contribution in [0.2, 0.25) is 0 Å². The van der Waals surface area contributed by atoms with E-state index in [0.717, 1.165) is 21.8 Å². The Hall–Kier alpha value is -2.06. The topological polar surface area (TPSA) is 32.8 Å². The molecule has 3 rings (SSSR count). The van der Waals surface area contributed by atoms with E-state index in [-0.39, 0.29) is 12.5 Å². The number of hydrogen-bond donors (Lipinski definition) is 0. The largest absolute Gasteiger partial charge is 0.497 e. The van der Waals surface area contributed by atoms with Crippen molar-refractivity contribution >= 4 is 17.2 Å². The van der Waals surface area contributed by atoms with Gasteiger partial charge in [-0.25, -0.2) is 0 Å². The van der Waals surface area contributed by atoms with Crippen LogP contribution in [-0.4, -0.2) is 61.7 Å². The van der Waals surface area contributed by atoms with Gasteiger partial charge in [0.25, 0.3) is 5.91 Å². The normalized spacial score (nSPS) is 16.1. The van der Waals surface area contributed by atoms with E-state index in [2.05, 4.69) is 0 Å². The fourth-order valence-electron chi connectivity index (χ4n) is 3.39. The van der Waals surface area contributed by atoms with Gasteiger partial charge in [-0.2, -0.15) is 13.2 Å². The van der Waals surface area contributed by atoms with Gasteiger partial charge in [0.15, 0.2) is 0 Å². The zero-order valence-electron chi connectivity index (χ0n) is 15.9. The van der Waals surface area contributed by atoms with Crippen LogP contribution in [0.1, 0.15) is 21.0 Å². The van der Waals surface area contributed by atoms with Crippen molar-refractivity contribution in [2.24, 2.45) is 0 Å². The van der Waals surface area contributed by atoms with Crippen molar-refractivity contribution in [3.05, 3.63) is 40.1 Å². The van der Waals surface area contributed by atoms with Crippen LogP contribution in [0.3, 0.4) is 0 Å². The van der Waals surface area contributed by atoms with Crippen LogP contribution in [0.5, 0.6) is 5.75 Å². The van der Waals surface area contributed by atoms with Gasteiger partial charge in [-0.05, 0) is 42.7 Å². The number of thiophene rings is 1. The van der Waals surface area contributed by atoms with Crippen LogP contribution in [-0.2, 0) is 0 Å². The molecular formula is C20H23F3N2O2S. The molecule has 0 bridgehead atoms. The molecule has 8 heteroatoms. The second-order valence-electron chi connectivity index (χ2n) is 6.85. The molecule has 2 heterocycles. The van der Waals surface area contributed by atoms with E-state index in [1.807, 2.05) is 37.3 Å². The second kappa shape index (κ2) is 8.53. The second-order valence-corrected chi connectivity index (χ2v) is 8.10. The molecule has 0 N–H and O–H groups in total. The fourth-order valence-corrected chi connectivity index (χ4v) is 4.40. The van der Waals surface area contributed by atoms with E-state index >= 15 is 0 Å². The van der Waals surface area contributed by atoms with E-state index in [0.29, 0.717) is 30.9 Å². The Morgan fingerprint density at radius 2 is 1.86 bits per heavy atom. The molecule has 1 aromatic carbocycles. The van der Waals surface area contributed by atoms with Crippen molar-refractivity contribution in [3.8, 4) is 16.9 Å². The molecule has 1 fully saturated rings. The lowest BCUT2D eigenvalue weighted by Gasteiger charge is -2.22. The molecule has 0 unspecified atom stereocenters. The highest BCUT2D eigenvalue weighted by Gasteiger charge is 2.32. The van der Waals surface area contributed by atoms with Crippen molar-refractivity contribution < 1.29 is 22.7 Å². The van der Waals surface area contributed by atoms with Crippen LogP contribution in [0.15, 0.2) is 30.3 Å². The summed E-state index contributed by atoms with van der Waals surface area (Å²) >= 11 is 1.42. The van der Waals surface area contributed by atoms with Crippen molar-refractivity contribution in [1.82, 2.24) is 9.80 Å². The Kier molecular flexibility index (Phi) is 6.30. The summed E-state index contributed by atoms with van der Waals surface area (Å²) < 4.78 is 43.0. The Morgan fingerprint density at radius 1 is 1.14 bits per heavy atom. The van der Waals surface area contributed by atoms with E-state index in [1.54, 1.807) is 12.0 Å². The average Bonchev–Trinajstić information content (AvgIpc) is 2.89. The molecule has 0 spiro atoms. The Morgan fingerprint density at radius 3 is 2.50 bits per heavy atom. The zero-order chi connectivity index (χ0) is 20.3.